The van der Waals surface area contributed by atoms with Gasteiger partial charge in [-0.1, -0.05) is 13.8 Å². The van der Waals surface area contributed by atoms with E-state index in [9.17, 15) is 18.0 Å². The Morgan fingerprint density at radius 1 is 1.38 bits per heavy atom. The topological polar surface area (TPSA) is 40.5 Å². The molecule has 0 amide bonds. The van der Waals surface area contributed by atoms with Crippen molar-refractivity contribution in [1.29, 1.82) is 0 Å². The fourth-order valence-corrected chi connectivity index (χ4v) is 2.22. The van der Waals surface area contributed by atoms with Crippen LogP contribution in [0.1, 0.15) is 30.9 Å². The molecular weight excluding hydrogens is 287 g/mol. The molecule has 1 fully saturated rings. The lowest BCUT2D eigenvalue weighted by Crippen LogP contribution is -2.37. The highest BCUT2D eigenvalue weighted by molar-refractivity contribution is 5.24. The molecular formula is C14H18F3NO3. The molecule has 1 aromatic rings. The Kier molecular flexibility index (Phi) is 4.73. The summed E-state index contributed by atoms with van der Waals surface area (Å²) in [5.41, 5.74) is -1.07. The molecule has 0 spiro atoms. The second kappa shape index (κ2) is 6.19. The summed E-state index contributed by atoms with van der Waals surface area (Å²) >= 11 is 0. The first-order valence-electron chi connectivity index (χ1n) is 6.80. The molecule has 1 saturated heterocycles. The Balaban J connectivity index is 2.38. The van der Waals surface area contributed by atoms with Crippen LogP contribution in [0, 0.1) is 0 Å². The fraction of sp³-hybridized carbons (Fsp3) is 0.643. The molecule has 4 nitrogen and oxygen atoms in total. The zero-order valence-electron chi connectivity index (χ0n) is 11.9. The van der Waals surface area contributed by atoms with Gasteiger partial charge in [-0.2, -0.15) is 13.2 Å². The van der Waals surface area contributed by atoms with Crippen molar-refractivity contribution in [2.45, 2.75) is 38.6 Å². The van der Waals surface area contributed by atoms with Crippen molar-refractivity contribution in [2.75, 3.05) is 19.8 Å². The van der Waals surface area contributed by atoms with Crippen LogP contribution in [-0.2, 0) is 22.2 Å². The second-order valence-electron chi connectivity index (χ2n) is 5.36. The van der Waals surface area contributed by atoms with Crippen LogP contribution in [0.15, 0.2) is 17.1 Å². The average molecular weight is 305 g/mol. The van der Waals surface area contributed by atoms with Crippen molar-refractivity contribution >= 4 is 0 Å². The minimum absolute atomic E-state index is 0.0580. The van der Waals surface area contributed by atoms with Crippen LogP contribution < -0.4 is 5.56 Å². The molecule has 0 saturated carbocycles. The Morgan fingerprint density at radius 2 is 2.10 bits per heavy atom. The molecule has 21 heavy (non-hydrogen) atoms. The third-order valence-corrected chi connectivity index (χ3v) is 3.35. The van der Waals surface area contributed by atoms with E-state index in [4.69, 9.17) is 9.47 Å². The predicted octanol–water partition coefficient (Wildman–Crippen LogP) is 2.41. The number of hydrogen-bond acceptors (Lipinski definition) is 3. The lowest BCUT2D eigenvalue weighted by molar-refractivity contribution is -0.138. The standard InChI is InChI=1S/C14H18F3NO3/c1-9(2)12-5-10(14(15,16)17)6-18(13(12)19)7-11-8-20-3-4-21-11/h5-6,9,11H,3-4,7-8H2,1-2H3. The molecule has 1 aromatic heterocycles. The highest BCUT2D eigenvalue weighted by Gasteiger charge is 2.32. The smallest absolute Gasteiger partial charge is 0.376 e. The van der Waals surface area contributed by atoms with Gasteiger partial charge in [0.05, 0.1) is 38.0 Å². The third-order valence-electron chi connectivity index (χ3n) is 3.35. The maximum absolute atomic E-state index is 13.0. The molecule has 0 aromatic carbocycles. The molecule has 1 aliphatic rings. The highest BCUT2D eigenvalue weighted by atomic mass is 19.4. The Bertz CT molecular complexity index is 545. The van der Waals surface area contributed by atoms with Gasteiger partial charge in [0.25, 0.3) is 5.56 Å². The molecule has 0 aliphatic carbocycles. The summed E-state index contributed by atoms with van der Waals surface area (Å²) in [6.07, 6.45) is -4.03. The lowest BCUT2D eigenvalue weighted by atomic mass is 10.0. The van der Waals surface area contributed by atoms with Crippen molar-refractivity contribution in [3.05, 3.63) is 33.7 Å². The van der Waals surface area contributed by atoms with E-state index in [-0.39, 0.29) is 24.6 Å². The number of ether oxygens (including phenoxy) is 2. The molecule has 2 heterocycles. The summed E-state index contributed by atoms with van der Waals surface area (Å²) in [4.78, 5) is 12.3. The van der Waals surface area contributed by atoms with Gasteiger partial charge < -0.3 is 14.0 Å². The van der Waals surface area contributed by atoms with E-state index < -0.39 is 23.4 Å². The molecule has 0 bridgehead atoms. The number of rotatable bonds is 3. The summed E-state index contributed by atoms with van der Waals surface area (Å²) in [5.74, 6) is -0.283. The van der Waals surface area contributed by atoms with Gasteiger partial charge in [0, 0.05) is 11.8 Å². The molecule has 2 rings (SSSR count). The van der Waals surface area contributed by atoms with Crippen LogP contribution in [0.3, 0.4) is 0 Å². The maximum Gasteiger partial charge on any atom is 0.417 e. The molecule has 0 N–H and O–H groups in total. The van der Waals surface area contributed by atoms with Crippen molar-refractivity contribution in [3.63, 3.8) is 0 Å². The first-order valence-corrected chi connectivity index (χ1v) is 6.80. The van der Waals surface area contributed by atoms with Gasteiger partial charge in [0.1, 0.15) is 0 Å². The number of hydrogen-bond donors (Lipinski definition) is 0. The second-order valence-corrected chi connectivity index (χ2v) is 5.36. The van der Waals surface area contributed by atoms with Crippen molar-refractivity contribution in [3.8, 4) is 0 Å². The van der Waals surface area contributed by atoms with E-state index in [1.54, 1.807) is 13.8 Å². The lowest BCUT2D eigenvalue weighted by Gasteiger charge is -2.24. The predicted molar refractivity (Wildman–Crippen MR) is 70.4 cm³/mol. The van der Waals surface area contributed by atoms with Gasteiger partial charge in [-0.05, 0) is 12.0 Å². The third kappa shape index (κ3) is 3.85. The molecule has 1 atom stereocenters. The van der Waals surface area contributed by atoms with E-state index in [1.165, 1.54) is 0 Å². The van der Waals surface area contributed by atoms with Crippen molar-refractivity contribution in [1.82, 2.24) is 4.57 Å². The zero-order chi connectivity index (χ0) is 15.6. The number of nitrogens with zero attached hydrogens (tertiary/aromatic N) is 1. The number of alkyl halides is 3. The summed E-state index contributed by atoms with van der Waals surface area (Å²) in [6, 6.07) is 0.932. The first kappa shape index (κ1) is 16.0. The largest absolute Gasteiger partial charge is 0.417 e. The van der Waals surface area contributed by atoms with Gasteiger partial charge in [0.2, 0.25) is 0 Å². The molecule has 118 valence electrons. The average Bonchev–Trinajstić information content (AvgIpc) is 2.40. The van der Waals surface area contributed by atoms with E-state index in [0.717, 1.165) is 16.8 Å². The van der Waals surface area contributed by atoms with Crippen LogP contribution in [0.2, 0.25) is 0 Å². The van der Waals surface area contributed by atoms with Crippen LogP contribution >= 0.6 is 0 Å². The summed E-state index contributed by atoms with van der Waals surface area (Å²) < 4.78 is 50.5. The molecule has 7 heteroatoms. The fourth-order valence-electron chi connectivity index (χ4n) is 2.22. The number of aromatic nitrogens is 1. The highest BCUT2D eigenvalue weighted by Crippen LogP contribution is 2.30. The van der Waals surface area contributed by atoms with Gasteiger partial charge in [-0.15, -0.1) is 0 Å². The van der Waals surface area contributed by atoms with Gasteiger partial charge >= 0.3 is 6.18 Å². The van der Waals surface area contributed by atoms with Crippen LogP contribution in [-0.4, -0.2) is 30.5 Å². The minimum atomic E-state index is -4.48. The van der Waals surface area contributed by atoms with Gasteiger partial charge in [-0.3, -0.25) is 4.79 Å². The van der Waals surface area contributed by atoms with E-state index in [1.807, 2.05) is 0 Å². The maximum atomic E-state index is 13.0. The Morgan fingerprint density at radius 3 is 2.62 bits per heavy atom. The van der Waals surface area contributed by atoms with E-state index in [0.29, 0.717) is 13.2 Å². The Hall–Kier alpha value is -1.34. The normalized spacial score (nSPS) is 20.0. The SMILES string of the molecule is CC(C)c1cc(C(F)(F)F)cn(CC2COCCO2)c1=O. The minimum Gasteiger partial charge on any atom is -0.376 e. The van der Waals surface area contributed by atoms with Crippen LogP contribution in [0.5, 0.6) is 0 Å². The molecule has 1 unspecified atom stereocenters. The van der Waals surface area contributed by atoms with Crippen molar-refractivity contribution in [2.24, 2.45) is 0 Å². The van der Waals surface area contributed by atoms with Crippen LogP contribution in [0.25, 0.3) is 0 Å². The molecule has 1 aliphatic heterocycles. The monoisotopic (exact) mass is 305 g/mol. The zero-order valence-corrected chi connectivity index (χ0v) is 11.9. The summed E-state index contributed by atoms with van der Waals surface area (Å²) in [5, 5.41) is 0. The summed E-state index contributed by atoms with van der Waals surface area (Å²) in [6.45, 7) is 4.58. The van der Waals surface area contributed by atoms with E-state index in [2.05, 4.69) is 0 Å². The van der Waals surface area contributed by atoms with Gasteiger partial charge in [-0.25, -0.2) is 0 Å². The molecule has 0 radical (unpaired) electrons. The number of halogens is 3. The quantitative estimate of drug-likeness (QED) is 0.861. The Labute approximate surface area is 120 Å². The van der Waals surface area contributed by atoms with Crippen LogP contribution in [0.4, 0.5) is 13.2 Å². The van der Waals surface area contributed by atoms with Crippen molar-refractivity contribution < 1.29 is 22.6 Å². The van der Waals surface area contributed by atoms with E-state index >= 15 is 0 Å². The van der Waals surface area contributed by atoms with Gasteiger partial charge in [0.15, 0.2) is 0 Å². The summed E-state index contributed by atoms with van der Waals surface area (Å²) in [7, 11) is 0. The number of pyridine rings is 1. The first-order chi connectivity index (χ1) is 9.79.